The first-order chi connectivity index (χ1) is 14.6. The lowest BCUT2D eigenvalue weighted by Gasteiger charge is -2.21. The van der Waals surface area contributed by atoms with Crippen LogP contribution in [0.2, 0.25) is 0 Å². The van der Waals surface area contributed by atoms with Crippen molar-refractivity contribution in [3.8, 4) is 5.75 Å². The van der Waals surface area contributed by atoms with E-state index < -0.39 is 6.04 Å². The molecule has 3 aromatic carbocycles. The molecule has 3 N–H and O–H groups in total. The number of carbonyl (C=O) groups is 2. The summed E-state index contributed by atoms with van der Waals surface area (Å²) in [7, 11) is 1.58. The number of anilines is 2. The number of ether oxygens (including phenoxy) is 1. The van der Waals surface area contributed by atoms with Crippen LogP contribution in [-0.4, -0.2) is 25.5 Å². The normalized spacial score (nSPS) is 11.3. The van der Waals surface area contributed by atoms with Gasteiger partial charge in [0.05, 0.1) is 12.3 Å². The SMILES string of the molecule is CCOc1ccccc1NC(=O)[C@@H](Nc1cccc(C(=O)NC)c1)c1ccccc1. The van der Waals surface area contributed by atoms with Crippen LogP contribution in [-0.2, 0) is 4.79 Å². The average molecular weight is 403 g/mol. The van der Waals surface area contributed by atoms with Crippen molar-refractivity contribution in [3.05, 3.63) is 90.0 Å². The minimum atomic E-state index is -0.666. The monoisotopic (exact) mass is 403 g/mol. The van der Waals surface area contributed by atoms with Gasteiger partial charge in [0.2, 0.25) is 0 Å². The fourth-order valence-electron chi connectivity index (χ4n) is 3.06. The Hall–Kier alpha value is -3.80. The number of benzene rings is 3. The third-order valence-electron chi connectivity index (χ3n) is 4.50. The van der Waals surface area contributed by atoms with Crippen LogP contribution in [0.4, 0.5) is 11.4 Å². The minimum Gasteiger partial charge on any atom is -0.492 e. The molecule has 0 bridgehead atoms. The van der Waals surface area contributed by atoms with Crippen LogP contribution in [0.15, 0.2) is 78.9 Å². The second kappa shape index (κ2) is 10.1. The van der Waals surface area contributed by atoms with Gasteiger partial charge in [-0.15, -0.1) is 0 Å². The van der Waals surface area contributed by atoms with E-state index in [-0.39, 0.29) is 11.8 Å². The zero-order chi connectivity index (χ0) is 21.3. The number of amides is 2. The van der Waals surface area contributed by atoms with Crippen molar-refractivity contribution in [1.29, 1.82) is 0 Å². The van der Waals surface area contributed by atoms with E-state index in [9.17, 15) is 9.59 Å². The summed E-state index contributed by atoms with van der Waals surface area (Å²) >= 11 is 0. The van der Waals surface area contributed by atoms with Crippen LogP contribution in [0, 0.1) is 0 Å². The maximum Gasteiger partial charge on any atom is 0.251 e. The number of hydrogen-bond acceptors (Lipinski definition) is 4. The zero-order valence-electron chi connectivity index (χ0n) is 17.0. The van der Waals surface area contributed by atoms with Crippen molar-refractivity contribution in [1.82, 2.24) is 5.32 Å². The summed E-state index contributed by atoms with van der Waals surface area (Å²) < 4.78 is 5.62. The molecule has 0 unspecified atom stereocenters. The lowest BCUT2D eigenvalue weighted by molar-refractivity contribution is -0.117. The van der Waals surface area contributed by atoms with Crippen molar-refractivity contribution in [2.75, 3.05) is 24.3 Å². The number of rotatable bonds is 8. The van der Waals surface area contributed by atoms with E-state index in [2.05, 4.69) is 16.0 Å². The maximum absolute atomic E-state index is 13.2. The third kappa shape index (κ3) is 5.17. The van der Waals surface area contributed by atoms with E-state index >= 15 is 0 Å². The third-order valence-corrected chi connectivity index (χ3v) is 4.50. The van der Waals surface area contributed by atoms with Crippen molar-refractivity contribution in [3.63, 3.8) is 0 Å². The lowest BCUT2D eigenvalue weighted by Crippen LogP contribution is -2.27. The zero-order valence-corrected chi connectivity index (χ0v) is 17.0. The van der Waals surface area contributed by atoms with E-state index in [1.807, 2.05) is 61.5 Å². The number of nitrogens with one attached hydrogen (secondary N) is 3. The van der Waals surface area contributed by atoms with Crippen LogP contribution >= 0.6 is 0 Å². The molecule has 0 fully saturated rings. The molecule has 6 heteroatoms. The molecule has 154 valence electrons. The molecule has 3 rings (SSSR count). The summed E-state index contributed by atoms with van der Waals surface area (Å²) in [5.74, 6) is 0.186. The quantitative estimate of drug-likeness (QED) is 0.526. The van der Waals surface area contributed by atoms with Gasteiger partial charge in [0, 0.05) is 18.3 Å². The Balaban J connectivity index is 1.89. The lowest BCUT2D eigenvalue weighted by atomic mass is 10.0. The number of carbonyl (C=O) groups excluding carboxylic acids is 2. The molecule has 6 nitrogen and oxygen atoms in total. The first-order valence-electron chi connectivity index (χ1n) is 9.78. The molecule has 0 heterocycles. The highest BCUT2D eigenvalue weighted by molar-refractivity contribution is 5.99. The summed E-state index contributed by atoms with van der Waals surface area (Å²) in [6, 6.07) is 23.1. The fourth-order valence-corrected chi connectivity index (χ4v) is 3.06. The standard InChI is InChI=1S/C24H25N3O3/c1-3-30-21-15-8-7-14-20(21)27-24(29)22(17-10-5-4-6-11-17)26-19-13-9-12-18(16-19)23(28)25-2/h4-16,22,26H,3H2,1-2H3,(H,25,28)(H,27,29)/t22-/m0/s1. The largest absolute Gasteiger partial charge is 0.492 e. The van der Waals surface area contributed by atoms with Gasteiger partial charge in [0.25, 0.3) is 11.8 Å². The van der Waals surface area contributed by atoms with Crippen molar-refractivity contribution < 1.29 is 14.3 Å². The van der Waals surface area contributed by atoms with Gasteiger partial charge >= 0.3 is 0 Å². The van der Waals surface area contributed by atoms with Crippen molar-refractivity contribution in [2.24, 2.45) is 0 Å². The van der Waals surface area contributed by atoms with Gasteiger partial charge in [-0.2, -0.15) is 0 Å². The predicted molar refractivity (Wildman–Crippen MR) is 119 cm³/mol. The van der Waals surface area contributed by atoms with E-state index in [4.69, 9.17) is 4.74 Å². The van der Waals surface area contributed by atoms with Crippen LogP contribution in [0.5, 0.6) is 5.75 Å². The summed E-state index contributed by atoms with van der Waals surface area (Å²) in [4.78, 5) is 25.2. The summed E-state index contributed by atoms with van der Waals surface area (Å²) in [6.07, 6.45) is 0. The van der Waals surface area contributed by atoms with E-state index in [0.29, 0.717) is 29.3 Å². The molecular formula is C24H25N3O3. The smallest absolute Gasteiger partial charge is 0.251 e. The molecule has 0 aliphatic rings. The Bertz CT molecular complexity index is 1010. The second-order valence-corrected chi connectivity index (χ2v) is 6.57. The second-order valence-electron chi connectivity index (χ2n) is 6.57. The van der Waals surface area contributed by atoms with Gasteiger partial charge in [-0.1, -0.05) is 48.5 Å². The summed E-state index contributed by atoms with van der Waals surface area (Å²) in [5.41, 5.74) is 2.58. The summed E-state index contributed by atoms with van der Waals surface area (Å²) in [6.45, 7) is 2.39. The Labute approximate surface area is 176 Å². The topological polar surface area (TPSA) is 79.5 Å². The molecule has 0 spiro atoms. The molecule has 3 aromatic rings. The molecule has 0 saturated heterocycles. The highest BCUT2D eigenvalue weighted by Gasteiger charge is 2.22. The number of para-hydroxylation sites is 2. The Morgan fingerprint density at radius 2 is 1.67 bits per heavy atom. The highest BCUT2D eigenvalue weighted by atomic mass is 16.5. The van der Waals surface area contributed by atoms with Crippen LogP contribution < -0.4 is 20.7 Å². The molecule has 0 aliphatic heterocycles. The molecule has 2 amide bonds. The predicted octanol–water partition coefficient (Wildman–Crippen LogP) is 4.24. The number of hydrogen-bond donors (Lipinski definition) is 3. The molecular weight excluding hydrogens is 378 g/mol. The molecule has 0 saturated carbocycles. The van der Waals surface area contributed by atoms with Crippen LogP contribution in [0.1, 0.15) is 28.9 Å². The Morgan fingerprint density at radius 3 is 2.40 bits per heavy atom. The van der Waals surface area contributed by atoms with Gasteiger partial charge in [-0.25, -0.2) is 0 Å². The minimum absolute atomic E-state index is 0.190. The van der Waals surface area contributed by atoms with Gasteiger partial charge in [-0.05, 0) is 42.8 Å². The van der Waals surface area contributed by atoms with Crippen LogP contribution in [0.25, 0.3) is 0 Å². The molecule has 0 aliphatic carbocycles. The van der Waals surface area contributed by atoms with Crippen molar-refractivity contribution in [2.45, 2.75) is 13.0 Å². The van der Waals surface area contributed by atoms with Crippen LogP contribution in [0.3, 0.4) is 0 Å². The fraction of sp³-hybridized carbons (Fsp3) is 0.167. The van der Waals surface area contributed by atoms with Gasteiger partial charge < -0.3 is 20.7 Å². The first-order valence-corrected chi connectivity index (χ1v) is 9.78. The molecule has 1 atom stereocenters. The van der Waals surface area contributed by atoms with E-state index in [1.165, 1.54) is 0 Å². The Morgan fingerprint density at radius 1 is 0.933 bits per heavy atom. The van der Waals surface area contributed by atoms with E-state index in [0.717, 1.165) is 5.56 Å². The molecule has 0 radical (unpaired) electrons. The van der Waals surface area contributed by atoms with Gasteiger partial charge in [0.1, 0.15) is 11.8 Å². The van der Waals surface area contributed by atoms with Gasteiger partial charge in [-0.3, -0.25) is 9.59 Å². The molecule has 0 aromatic heterocycles. The highest BCUT2D eigenvalue weighted by Crippen LogP contribution is 2.27. The average Bonchev–Trinajstić information content (AvgIpc) is 2.79. The van der Waals surface area contributed by atoms with E-state index in [1.54, 1.807) is 31.3 Å². The Kier molecular flexibility index (Phi) is 7.05. The van der Waals surface area contributed by atoms with Crippen molar-refractivity contribution >= 4 is 23.2 Å². The first kappa shape index (κ1) is 20.9. The summed E-state index contributed by atoms with van der Waals surface area (Å²) in [5, 5.41) is 8.82. The maximum atomic E-state index is 13.2. The molecule has 30 heavy (non-hydrogen) atoms. The van der Waals surface area contributed by atoms with Gasteiger partial charge in [0.15, 0.2) is 0 Å².